The van der Waals surface area contributed by atoms with Crippen molar-refractivity contribution in [3.63, 3.8) is 0 Å². The van der Waals surface area contributed by atoms with Crippen LogP contribution in [0.25, 0.3) is 0 Å². The highest BCUT2D eigenvalue weighted by molar-refractivity contribution is 5.76. The van der Waals surface area contributed by atoms with Crippen molar-refractivity contribution in [2.24, 2.45) is 0 Å². The molecule has 7 unspecified atom stereocenters. The number of aliphatic hydroxyl groups is 5. The molecule has 0 aromatic rings. The van der Waals surface area contributed by atoms with Gasteiger partial charge in [-0.2, -0.15) is 0 Å². The quantitative estimate of drug-likeness (QED) is 0.0261. The maximum Gasteiger partial charge on any atom is 0.220 e. The summed E-state index contributed by atoms with van der Waals surface area (Å²) in [5.41, 5.74) is 0. The normalized spacial score (nSPS) is 20.5. The number of ether oxygens (including phenoxy) is 2. The van der Waals surface area contributed by atoms with E-state index >= 15 is 0 Å². The van der Waals surface area contributed by atoms with E-state index in [1.165, 1.54) is 122 Å². The van der Waals surface area contributed by atoms with Crippen LogP contribution >= 0.6 is 0 Å². The molecule has 1 heterocycles. The summed E-state index contributed by atoms with van der Waals surface area (Å²) in [5, 5.41) is 54.4. The Morgan fingerprint density at radius 3 is 1.48 bits per heavy atom. The molecule has 0 aliphatic carbocycles. The van der Waals surface area contributed by atoms with Gasteiger partial charge in [-0.3, -0.25) is 4.79 Å². The number of hydrogen-bond donors (Lipinski definition) is 6. The second-order valence-corrected chi connectivity index (χ2v) is 18.3. The number of amides is 1. The first-order chi connectivity index (χ1) is 31.8. The Balaban J connectivity index is 2.31. The van der Waals surface area contributed by atoms with E-state index in [9.17, 15) is 30.3 Å². The van der Waals surface area contributed by atoms with Crippen LogP contribution < -0.4 is 5.32 Å². The first-order valence-corrected chi connectivity index (χ1v) is 26.7. The van der Waals surface area contributed by atoms with E-state index in [-0.39, 0.29) is 12.5 Å². The van der Waals surface area contributed by atoms with Gasteiger partial charge in [0.25, 0.3) is 0 Å². The summed E-state index contributed by atoms with van der Waals surface area (Å²) in [6, 6.07) is -0.830. The van der Waals surface area contributed by atoms with E-state index in [0.29, 0.717) is 6.42 Å². The largest absolute Gasteiger partial charge is 0.394 e. The van der Waals surface area contributed by atoms with Gasteiger partial charge in [-0.15, -0.1) is 0 Å². The van der Waals surface area contributed by atoms with Crippen molar-refractivity contribution in [3.8, 4) is 0 Å². The summed E-state index contributed by atoms with van der Waals surface area (Å²) in [6.07, 6.45) is 55.2. The van der Waals surface area contributed by atoms with Crippen LogP contribution in [0.4, 0.5) is 0 Å². The highest BCUT2D eigenvalue weighted by Crippen LogP contribution is 2.23. The molecule has 0 saturated carbocycles. The smallest absolute Gasteiger partial charge is 0.220 e. The van der Waals surface area contributed by atoms with E-state index < -0.39 is 49.5 Å². The molecule has 6 N–H and O–H groups in total. The summed E-state index contributed by atoms with van der Waals surface area (Å²) in [6.45, 7) is 3.65. The molecule has 1 aliphatic rings. The molecule has 1 aliphatic heterocycles. The van der Waals surface area contributed by atoms with Crippen LogP contribution in [0, 0.1) is 0 Å². The third kappa shape index (κ3) is 35.4. The third-order valence-electron chi connectivity index (χ3n) is 12.3. The second-order valence-electron chi connectivity index (χ2n) is 18.3. The van der Waals surface area contributed by atoms with Gasteiger partial charge in [-0.25, -0.2) is 0 Å². The lowest BCUT2D eigenvalue weighted by molar-refractivity contribution is -0.302. The maximum atomic E-state index is 13.0. The van der Waals surface area contributed by atoms with Gasteiger partial charge < -0.3 is 40.3 Å². The molecule has 376 valence electrons. The fraction of sp³-hybridized carbons (Fsp3) is 0.768. The molecule has 9 nitrogen and oxygen atoms in total. The number of hydrogen-bond acceptors (Lipinski definition) is 8. The van der Waals surface area contributed by atoms with Crippen LogP contribution in [0.15, 0.2) is 72.9 Å². The Morgan fingerprint density at radius 1 is 0.538 bits per heavy atom. The standard InChI is InChI=1S/C56H99NO8/c1-3-5-7-9-11-13-15-17-19-21-23-25-27-29-31-33-35-37-39-41-43-45-50(59)49(48-64-56-55(63)54(62)53(61)51(47-58)65-56)57-52(60)46-44-42-40-38-36-34-32-30-28-26-24-22-20-18-16-14-12-10-8-6-4-2/h6,8,12,14,18,20,24,26,35,37,43,45,49-51,53-56,58-59,61-63H,3-5,7,9-11,13,15-17,19,21-23,25,27-34,36,38-42,44,46-48H2,1-2H3,(H,57,60)/b8-6-,14-12-,20-18-,26-24-,37-35+,45-43+. The van der Waals surface area contributed by atoms with E-state index in [1.807, 2.05) is 6.08 Å². The van der Waals surface area contributed by atoms with Gasteiger partial charge in [-0.05, 0) is 70.6 Å². The van der Waals surface area contributed by atoms with Crippen LogP contribution in [0.1, 0.15) is 219 Å². The number of rotatable bonds is 44. The predicted molar refractivity (Wildman–Crippen MR) is 272 cm³/mol. The average molecular weight is 914 g/mol. The van der Waals surface area contributed by atoms with E-state index in [0.717, 1.165) is 77.0 Å². The Bertz CT molecular complexity index is 1240. The second kappa shape index (κ2) is 45.4. The lowest BCUT2D eigenvalue weighted by Gasteiger charge is -2.40. The topological polar surface area (TPSA) is 149 Å². The molecule has 65 heavy (non-hydrogen) atoms. The Morgan fingerprint density at radius 2 is 0.969 bits per heavy atom. The average Bonchev–Trinajstić information content (AvgIpc) is 3.31. The molecule has 1 amide bonds. The zero-order chi connectivity index (χ0) is 47.3. The van der Waals surface area contributed by atoms with E-state index in [1.54, 1.807) is 6.08 Å². The van der Waals surface area contributed by atoms with Crippen LogP contribution in [0.3, 0.4) is 0 Å². The third-order valence-corrected chi connectivity index (χ3v) is 12.3. The van der Waals surface area contributed by atoms with Crippen molar-refractivity contribution in [1.82, 2.24) is 5.32 Å². The summed E-state index contributed by atoms with van der Waals surface area (Å²) in [7, 11) is 0. The van der Waals surface area contributed by atoms with Gasteiger partial charge in [0.2, 0.25) is 5.91 Å². The molecule has 0 aromatic heterocycles. The number of carbonyl (C=O) groups excluding carboxylic acids is 1. The summed E-state index contributed by atoms with van der Waals surface area (Å²) in [5.74, 6) is -0.197. The predicted octanol–water partition coefficient (Wildman–Crippen LogP) is 12.5. The zero-order valence-electron chi connectivity index (χ0n) is 41.5. The summed E-state index contributed by atoms with van der Waals surface area (Å²) >= 11 is 0. The maximum absolute atomic E-state index is 13.0. The molecular formula is C56H99NO8. The lowest BCUT2D eigenvalue weighted by atomic mass is 9.99. The van der Waals surface area contributed by atoms with Crippen molar-refractivity contribution in [2.45, 2.75) is 262 Å². The van der Waals surface area contributed by atoms with Crippen molar-refractivity contribution in [1.29, 1.82) is 0 Å². The molecule has 7 atom stereocenters. The molecule has 0 aromatic carbocycles. The minimum Gasteiger partial charge on any atom is -0.394 e. The molecule has 0 bridgehead atoms. The van der Waals surface area contributed by atoms with Gasteiger partial charge in [0, 0.05) is 6.42 Å². The highest BCUT2D eigenvalue weighted by atomic mass is 16.7. The molecule has 0 radical (unpaired) electrons. The van der Waals surface area contributed by atoms with Crippen molar-refractivity contribution < 1.29 is 39.8 Å². The van der Waals surface area contributed by atoms with Crippen LogP contribution in [-0.2, 0) is 14.3 Å². The Labute approximate surface area is 398 Å². The van der Waals surface area contributed by atoms with Gasteiger partial charge in [0.1, 0.15) is 24.4 Å². The zero-order valence-corrected chi connectivity index (χ0v) is 41.5. The van der Waals surface area contributed by atoms with Crippen molar-refractivity contribution >= 4 is 5.91 Å². The minimum atomic E-state index is -1.58. The lowest BCUT2D eigenvalue weighted by Crippen LogP contribution is -2.60. The fourth-order valence-electron chi connectivity index (χ4n) is 8.05. The molecule has 1 saturated heterocycles. The number of allylic oxidation sites excluding steroid dienone is 11. The molecular weight excluding hydrogens is 815 g/mol. The first-order valence-electron chi connectivity index (χ1n) is 26.7. The summed E-state index contributed by atoms with van der Waals surface area (Å²) < 4.78 is 11.2. The summed E-state index contributed by atoms with van der Waals surface area (Å²) in [4.78, 5) is 13.0. The van der Waals surface area contributed by atoms with E-state index in [4.69, 9.17) is 9.47 Å². The fourth-order valence-corrected chi connectivity index (χ4v) is 8.05. The number of nitrogens with one attached hydrogen (secondary N) is 1. The monoisotopic (exact) mass is 914 g/mol. The van der Waals surface area contributed by atoms with Crippen molar-refractivity contribution in [3.05, 3.63) is 72.9 Å². The number of unbranched alkanes of at least 4 members (excludes halogenated alkanes) is 24. The van der Waals surface area contributed by atoms with E-state index in [2.05, 4.69) is 79.9 Å². The first kappa shape index (κ1) is 60.6. The van der Waals surface area contributed by atoms with Crippen LogP contribution in [0.5, 0.6) is 0 Å². The van der Waals surface area contributed by atoms with Gasteiger partial charge in [0.05, 0.1) is 25.4 Å². The highest BCUT2D eigenvalue weighted by Gasteiger charge is 2.44. The van der Waals surface area contributed by atoms with Gasteiger partial charge >= 0.3 is 0 Å². The van der Waals surface area contributed by atoms with Gasteiger partial charge in [0.15, 0.2) is 6.29 Å². The van der Waals surface area contributed by atoms with Gasteiger partial charge in [-0.1, -0.05) is 215 Å². The molecule has 1 rings (SSSR count). The molecule has 1 fully saturated rings. The number of aliphatic hydroxyl groups excluding tert-OH is 5. The Kier molecular flexibility index (Phi) is 42.4. The Hall–Kier alpha value is -2.37. The molecule has 9 heteroatoms. The number of carbonyl (C=O) groups is 1. The van der Waals surface area contributed by atoms with Crippen LogP contribution in [0.2, 0.25) is 0 Å². The van der Waals surface area contributed by atoms with Crippen molar-refractivity contribution in [2.75, 3.05) is 13.2 Å². The minimum absolute atomic E-state index is 0.197. The SMILES string of the molecule is CC/C=C\C/C=C\C/C=C\C/C=C\CCCCCCCCCCC(=O)NC(COC1OC(CO)C(O)C(O)C1O)C(O)/C=C/CC/C=C/CCCCCCCCCCCCCCCCC. The van der Waals surface area contributed by atoms with Crippen LogP contribution in [-0.4, -0.2) is 87.5 Å². The molecule has 0 spiro atoms.